The summed E-state index contributed by atoms with van der Waals surface area (Å²) in [7, 11) is 2.07. The molecule has 0 spiro atoms. The van der Waals surface area contributed by atoms with Crippen LogP contribution in [0, 0.1) is 17.8 Å². The van der Waals surface area contributed by atoms with Gasteiger partial charge >= 0.3 is 0 Å². The van der Waals surface area contributed by atoms with Crippen molar-refractivity contribution in [2.75, 3.05) is 13.6 Å². The van der Waals surface area contributed by atoms with E-state index in [1.165, 1.54) is 25.7 Å². The zero-order chi connectivity index (χ0) is 12.7. The third-order valence-corrected chi connectivity index (χ3v) is 5.63. The Balaban J connectivity index is 1.54. The van der Waals surface area contributed by atoms with Gasteiger partial charge in [0.1, 0.15) is 0 Å². The first-order valence-corrected chi connectivity index (χ1v) is 7.65. The molecule has 1 amide bonds. The van der Waals surface area contributed by atoms with E-state index in [2.05, 4.69) is 24.2 Å². The first-order valence-electron chi connectivity index (χ1n) is 7.65. The van der Waals surface area contributed by atoms with Crippen LogP contribution in [0.4, 0.5) is 0 Å². The molecule has 0 unspecified atom stereocenters. The maximum Gasteiger partial charge on any atom is 0.237 e. The highest BCUT2D eigenvalue weighted by Crippen LogP contribution is 2.49. The molecule has 5 atom stereocenters. The molecule has 1 heterocycles. The monoisotopic (exact) mass is 250 g/mol. The maximum absolute atomic E-state index is 12.3. The van der Waals surface area contributed by atoms with Gasteiger partial charge in [0.25, 0.3) is 0 Å². The van der Waals surface area contributed by atoms with Crippen LogP contribution < -0.4 is 5.32 Å². The highest BCUT2D eigenvalue weighted by molar-refractivity contribution is 5.82. The summed E-state index contributed by atoms with van der Waals surface area (Å²) in [6.07, 6.45) is 7.82. The summed E-state index contributed by atoms with van der Waals surface area (Å²) in [5.74, 6) is 2.88. The molecule has 3 fully saturated rings. The molecule has 3 nitrogen and oxygen atoms in total. The van der Waals surface area contributed by atoms with Crippen LogP contribution in [0.3, 0.4) is 0 Å². The van der Waals surface area contributed by atoms with Gasteiger partial charge in [-0.25, -0.2) is 0 Å². The lowest BCUT2D eigenvalue weighted by molar-refractivity contribution is -0.126. The van der Waals surface area contributed by atoms with Gasteiger partial charge in [0.05, 0.1) is 6.04 Å². The summed E-state index contributed by atoms with van der Waals surface area (Å²) >= 11 is 0. The Bertz CT molecular complexity index is 330. The van der Waals surface area contributed by atoms with Gasteiger partial charge in [0.15, 0.2) is 0 Å². The zero-order valence-electron chi connectivity index (χ0n) is 11.7. The van der Waals surface area contributed by atoms with Crippen LogP contribution in [0.5, 0.6) is 0 Å². The van der Waals surface area contributed by atoms with Crippen molar-refractivity contribution in [1.82, 2.24) is 10.2 Å². The van der Waals surface area contributed by atoms with E-state index in [9.17, 15) is 4.79 Å². The highest BCUT2D eigenvalue weighted by atomic mass is 16.2. The summed E-state index contributed by atoms with van der Waals surface area (Å²) in [6, 6.07) is 0.507. The Hall–Kier alpha value is -0.570. The van der Waals surface area contributed by atoms with Crippen LogP contribution >= 0.6 is 0 Å². The van der Waals surface area contributed by atoms with E-state index in [0.29, 0.717) is 6.04 Å². The van der Waals surface area contributed by atoms with Crippen molar-refractivity contribution < 1.29 is 4.79 Å². The first kappa shape index (κ1) is 12.5. The van der Waals surface area contributed by atoms with Gasteiger partial charge in [0, 0.05) is 6.04 Å². The fraction of sp³-hybridized carbons (Fsp3) is 0.933. The minimum Gasteiger partial charge on any atom is -0.352 e. The molecular formula is C15H26N2O. The number of carbonyl (C=O) groups excluding carboxylic acids is 1. The van der Waals surface area contributed by atoms with Crippen LogP contribution in [-0.4, -0.2) is 36.5 Å². The van der Waals surface area contributed by atoms with Gasteiger partial charge in [-0.1, -0.05) is 6.42 Å². The normalized spacial score (nSPS) is 41.2. The molecule has 102 valence electrons. The Kier molecular flexibility index (Phi) is 3.35. The summed E-state index contributed by atoms with van der Waals surface area (Å²) in [5.41, 5.74) is 0. The largest absolute Gasteiger partial charge is 0.352 e. The average Bonchev–Trinajstić information content (AvgIpc) is 3.03. The van der Waals surface area contributed by atoms with E-state index in [0.717, 1.165) is 37.1 Å². The Morgan fingerprint density at radius 3 is 2.67 bits per heavy atom. The molecule has 3 rings (SSSR count). The predicted octanol–water partition coefficient (Wildman–Crippen LogP) is 2.02. The first-order chi connectivity index (χ1) is 8.65. The molecule has 0 aromatic carbocycles. The number of likely N-dealkylation sites (tertiary alicyclic amines) is 1. The molecule has 3 heteroatoms. The smallest absolute Gasteiger partial charge is 0.237 e. The number of fused-ring (bicyclic) bond motifs is 2. The molecular weight excluding hydrogens is 224 g/mol. The Morgan fingerprint density at radius 1 is 1.28 bits per heavy atom. The summed E-state index contributed by atoms with van der Waals surface area (Å²) in [4.78, 5) is 14.5. The molecule has 18 heavy (non-hydrogen) atoms. The van der Waals surface area contributed by atoms with Gasteiger partial charge in [-0.3, -0.25) is 9.69 Å². The van der Waals surface area contributed by atoms with Crippen LogP contribution in [0.2, 0.25) is 0 Å². The average molecular weight is 250 g/mol. The molecule has 1 saturated heterocycles. The summed E-state index contributed by atoms with van der Waals surface area (Å²) in [5, 5.41) is 3.30. The van der Waals surface area contributed by atoms with Crippen LogP contribution in [0.15, 0.2) is 0 Å². The topological polar surface area (TPSA) is 32.3 Å². The second-order valence-electron chi connectivity index (χ2n) is 6.77. The number of likely N-dealkylation sites (N-methyl/N-ethyl adjacent to an activating group) is 1. The van der Waals surface area contributed by atoms with Crippen LogP contribution in [-0.2, 0) is 4.79 Å². The van der Waals surface area contributed by atoms with Crippen molar-refractivity contribution in [3.63, 3.8) is 0 Å². The molecule has 2 bridgehead atoms. The van der Waals surface area contributed by atoms with Crippen molar-refractivity contribution in [1.29, 1.82) is 0 Å². The van der Waals surface area contributed by atoms with Crippen LogP contribution in [0.1, 0.15) is 45.4 Å². The van der Waals surface area contributed by atoms with Crippen molar-refractivity contribution in [2.24, 2.45) is 17.8 Å². The SMILES string of the molecule is C[C@H](NC(=O)[C@@H]1CCCN1C)[C@@H]1C[C@H]2CC[C@H]1C2. The van der Waals surface area contributed by atoms with Crippen molar-refractivity contribution in [3.8, 4) is 0 Å². The molecule has 0 radical (unpaired) electrons. The van der Waals surface area contributed by atoms with Gasteiger partial charge in [-0.15, -0.1) is 0 Å². The lowest BCUT2D eigenvalue weighted by Crippen LogP contribution is -2.47. The van der Waals surface area contributed by atoms with Crippen molar-refractivity contribution >= 4 is 5.91 Å². The van der Waals surface area contributed by atoms with E-state index in [1.807, 2.05) is 0 Å². The molecule has 2 saturated carbocycles. The van der Waals surface area contributed by atoms with E-state index < -0.39 is 0 Å². The van der Waals surface area contributed by atoms with Gasteiger partial charge in [-0.05, 0) is 70.4 Å². The standard InChI is InChI=1S/C15H26N2O/c1-10(13-9-11-5-6-12(13)8-11)16-15(18)14-4-3-7-17(14)2/h10-14H,3-9H2,1-2H3,(H,16,18)/t10-,11-,12-,13-,14-/m0/s1. The zero-order valence-corrected chi connectivity index (χ0v) is 11.7. The molecule has 3 aliphatic rings. The van der Waals surface area contributed by atoms with E-state index in [1.54, 1.807) is 0 Å². The van der Waals surface area contributed by atoms with Gasteiger partial charge in [0.2, 0.25) is 5.91 Å². The highest BCUT2D eigenvalue weighted by Gasteiger charge is 2.42. The predicted molar refractivity (Wildman–Crippen MR) is 72.2 cm³/mol. The second-order valence-corrected chi connectivity index (χ2v) is 6.77. The van der Waals surface area contributed by atoms with Gasteiger partial charge < -0.3 is 5.32 Å². The second kappa shape index (κ2) is 4.84. The minimum atomic E-state index is 0.131. The number of nitrogens with one attached hydrogen (secondary N) is 1. The Morgan fingerprint density at radius 2 is 2.11 bits per heavy atom. The summed E-state index contributed by atoms with van der Waals surface area (Å²) in [6.45, 7) is 3.29. The molecule has 1 aliphatic heterocycles. The molecule has 0 aromatic heterocycles. The summed E-state index contributed by atoms with van der Waals surface area (Å²) < 4.78 is 0. The van der Waals surface area contributed by atoms with Crippen molar-refractivity contribution in [3.05, 3.63) is 0 Å². The third-order valence-electron chi connectivity index (χ3n) is 5.63. The molecule has 1 N–H and O–H groups in total. The maximum atomic E-state index is 12.3. The molecule has 2 aliphatic carbocycles. The number of rotatable bonds is 3. The van der Waals surface area contributed by atoms with Crippen molar-refractivity contribution in [2.45, 2.75) is 57.5 Å². The molecule has 0 aromatic rings. The fourth-order valence-corrected chi connectivity index (χ4v) is 4.58. The van der Waals surface area contributed by atoms with E-state index in [4.69, 9.17) is 0 Å². The van der Waals surface area contributed by atoms with Crippen LogP contribution in [0.25, 0.3) is 0 Å². The number of amides is 1. The van der Waals surface area contributed by atoms with E-state index in [-0.39, 0.29) is 11.9 Å². The number of hydrogen-bond acceptors (Lipinski definition) is 2. The number of hydrogen-bond donors (Lipinski definition) is 1. The third kappa shape index (κ3) is 2.18. The minimum absolute atomic E-state index is 0.131. The quantitative estimate of drug-likeness (QED) is 0.831. The van der Waals surface area contributed by atoms with E-state index >= 15 is 0 Å². The number of carbonyl (C=O) groups is 1. The fourth-order valence-electron chi connectivity index (χ4n) is 4.58. The number of nitrogens with zero attached hydrogens (tertiary/aromatic N) is 1. The Labute approximate surface area is 110 Å². The lowest BCUT2D eigenvalue weighted by Gasteiger charge is -2.30. The van der Waals surface area contributed by atoms with Gasteiger partial charge in [-0.2, -0.15) is 0 Å². The lowest BCUT2D eigenvalue weighted by atomic mass is 9.84.